The molecule has 3 N–H and O–H groups in total. The molecule has 2 rings (SSSR count). The van der Waals surface area contributed by atoms with Gasteiger partial charge in [-0.1, -0.05) is 22.0 Å². The highest BCUT2D eigenvalue weighted by Crippen LogP contribution is 2.20. The summed E-state index contributed by atoms with van der Waals surface area (Å²) in [6, 6.07) is 13.7. The fraction of sp³-hybridized carbons (Fsp3) is 0.188. The van der Waals surface area contributed by atoms with Crippen LogP contribution in [-0.4, -0.2) is 6.54 Å². The lowest BCUT2D eigenvalue weighted by atomic mass is 10.1. The van der Waals surface area contributed by atoms with Gasteiger partial charge in [-0.2, -0.15) is 5.26 Å². The number of aryl methyl sites for hydroxylation is 1. The minimum absolute atomic E-state index is 0.580. The summed E-state index contributed by atoms with van der Waals surface area (Å²) in [5.41, 5.74) is 10.6. The van der Waals surface area contributed by atoms with Crippen LogP contribution in [0, 0.1) is 18.3 Å². The van der Waals surface area contributed by atoms with E-state index in [-0.39, 0.29) is 0 Å². The molecule has 0 spiro atoms. The SMILES string of the molecule is Cc1ccc(Br)cc1CCNc1ccc(C#N)cc1N. The van der Waals surface area contributed by atoms with Crippen LogP contribution in [0.25, 0.3) is 0 Å². The van der Waals surface area contributed by atoms with Crippen LogP contribution in [0.3, 0.4) is 0 Å². The quantitative estimate of drug-likeness (QED) is 0.837. The largest absolute Gasteiger partial charge is 0.397 e. The fourth-order valence-electron chi connectivity index (χ4n) is 2.03. The van der Waals surface area contributed by atoms with Crippen LogP contribution in [0.15, 0.2) is 40.9 Å². The summed E-state index contributed by atoms with van der Waals surface area (Å²) in [5, 5.41) is 12.1. The summed E-state index contributed by atoms with van der Waals surface area (Å²) in [7, 11) is 0. The van der Waals surface area contributed by atoms with E-state index in [4.69, 9.17) is 11.0 Å². The smallest absolute Gasteiger partial charge is 0.0992 e. The number of nitrogens with two attached hydrogens (primary N) is 1. The lowest BCUT2D eigenvalue weighted by molar-refractivity contribution is 1.00. The predicted octanol–water partition coefficient (Wildman–Crippen LogP) is 3.87. The third kappa shape index (κ3) is 3.52. The van der Waals surface area contributed by atoms with Gasteiger partial charge in [0.05, 0.1) is 23.0 Å². The molecule has 20 heavy (non-hydrogen) atoms. The van der Waals surface area contributed by atoms with Crippen molar-refractivity contribution >= 4 is 27.3 Å². The first-order valence-electron chi connectivity index (χ1n) is 6.38. The van der Waals surface area contributed by atoms with Gasteiger partial charge in [-0.3, -0.25) is 0 Å². The van der Waals surface area contributed by atoms with Crippen molar-refractivity contribution < 1.29 is 0 Å². The lowest BCUT2D eigenvalue weighted by Gasteiger charge is -2.11. The summed E-state index contributed by atoms with van der Waals surface area (Å²) in [5.74, 6) is 0. The minimum atomic E-state index is 0.580. The molecule has 0 aliphatic heterocycles. The van der Waals surface area contributed by atoms with Crippen molar-refractivity contribution in [3.05, 3.63) is 57.6 Å². The Morgan fingerprint density at radius 2 is 2.05 bits per heavy atom. The standard InChI is InChI=1S/C16H16BrN3/c1-11-2-4-14(17)9-13(11)6-7-20-16-5-3-12(10-18)8-15(16)19/h2-5,8-9,20H,6-7,19H2,1H3. The van der Waals surface area contributed by atoms with Gasteiger partial charge in [-0.25, -0.2) is 0 Å². The van der Waals surface area contributed by atoms with E-state index >= 15 is 0 Å². The summed E-state index contributed by atoms with van der Waals surface area (Å²) >= 11 is 3.49. The third-order valence-electron chi connectivity index (χ3n) is 3.20. The van der Waals surface area contributed by atoms with Gasteiger partial charge in [-0.15, -0.1) is 0 Å². The topological polar surface area (TPSA) is 61.8 Å². The zero-order valence-corrected chi connectivity index (χ0v) is 12.9. The van der Waals surface area contributed by atoms with Gasteiger partial charge < -0.3 is 11.1 Å². The molecule has 0 aliphatic carbocycles. The molecule has 0 aliphatic rings. The maximum absolute atomic E-state index is 8.80. The van der Waals surface area contributed by atoms with Crippen molar-refractivity contribution in [2.75, 3.05) is 17.6 Å². The van der Waals surface area contributed by atoms with E-state index < -0.39 is 0 Å². The van der Waals surface area contributed by atoms with Gasteiger partial charge in [0, 0.05) is 11.0 Å². The number of nitrogen functional groups attached to an aromatic ring is 1. The zero-order valence-electron chi connectivity index (χ0n) is 11.3. The van der Waals surface area contributed by atoms with Crippen LogP contribution in [0.5, 0.6) is 0 Å². The molecular formula is C16H16BrN3. The Morgan fingerprint density at radius 3 is 2.75 bits per heavy atom. The third-order valence-corrected chi connectivity index (χ3v) is 3.69. The Bertz CT molecular complexity index is 659. The van der Waals surface area contributed by atoms with Crippen LogP contribution in [0.4, 0.5) is 11.4 Å². The zero-order chi connectivity index (χ0) is 14.5. The van der Waals surface area contributed by atoms with Gasteiger partial charge in [0.1, 0.15) is 0 Å². The van der Waals surface area contributed by atoms with E-state index in [9.17, 15) is 0 Å². The van der Waals surface area contributed by atoms with Crippen LogP contribution < -0.4 is 11.1 Å². The molecule has 102 valence electrons. The molecule has 2 aromatic rings. The van der Waals surface area contributed by atoms with E-state index in [0.717, 1.165) is 23.1 Å². The highest BCUT2D eigenvalue weighted by Gasteiger charge is 2.02. The number of nitrogens with zero attached hydrogens (tertiary/aromatic N) is 1. The second kappa shape index (κ2) is 6.44. The number of benzene rings is 2. The van der Waals surface area contributed by atoms with Crippen molar-refractivity contribution in [1.29, 1.82) is 5.26 Å². The number of anilines is 2. The molecule has 0 saturated carbocycles. The Labute approximate surface area is 127 Å². The number of rotatable bonds is 4. The maximum atomic E-state index is 8.80. The Kier molecular flexibility index (Phi) is 4.65. The van der Waals surface area contributed by atoms with E-state index in [2.05, 4.69) is 46.4 Å². The normalized spacial score (nSPS) is 10.1. The molecule has 0 saturated heterocycles. The van der Waals surface area contributed by atoms with Crippen LogP contribution >= 0.6 is 15.9 Å². The monoisotopic (exact) mass is 329 g/mol. The first-order valence-corrected chi connectivity index (χ1v) is 7.18. The predicted molar refractivity (Wildman–Crippen MR) is 86.6 cm³/mol. The second-order valence-corrected chi connectivity index (χ2v) is 5.58. The number of halogens is 1. The molecule has 0 aromatic heterocycles. The molecule has 3 nitrogen and oxygen atoms in total. The van der Waals surface area contributed by atoms with Crippen LogP contribution in [0.1, 0.15) is 16.7 Å². The fourth-order valence-corrected chi connectivity index (χ4v) is 2.44. The van der Waals surface area contributed by atoms with Crippen molar-refractivity contribution in [3.63, 3.8) is 0 Å². The molecule has 0 amide bonds. The van der Waals surface area contributed by atoms with Crippen molar-refractivity contribution in [3.8, 4) is 6.07 Å². The molecule has 0 fully saturated rings. The number of hydrogen-bond acceptors (Lipinski definition) is 3. The van der Waals surface area contributed by atoms with Crippen molar-refractivity contribution in [2.45, 2.75) is 13.3 Å². The Balaban J connectivity index is 2.00. The summed E-state index contributed by atoms with van der Waals surface area (Å²) in [4.78, 5) is 0. The van der Waals surface area contributed by atoms with Crippen molar-refractivity contribution in [1.82, 2.24) is 0 Å². The van der Waals surface area contributed by atoms with Crippen LogP contribution in [0.2, 0.25) is 0 Å². The highest BCUT2D eigenvalue weighted by atomic mass is 79.9. The number of hydrogen-bond donors (Lipinski definition) is 2. The van der Waals surface area contributed by atoms with Crippen LogP contribution in [-0.2, 0) is 6.42 Å². The maximum Gasteiger partial charge on any atom is 0.0992 e. The van der Waals surface area contributed by atoms with E-state index in [1.54, 1.807) is 12.1 Å². The van der Waals surface area contributed by atoms with Gasteiger partial charge in [0.15, 0.2) is 0 Å². The van der Waals surface area contributed by atoms with E-state index in [0.29, 0.717) is 11.3 Å². The first kappa shape index (κ1) is 14.4. The number of nitrogens with one attached hydrogen (secondary N) is 1. The Morgan fingerprint density at radius 1 is 1.25 bits per heavy atom. The molecular weight excluding hydrogens is 314 g/mol. The number of nitriles is 1. The summed E-state index contributed by atoms with van der Waals surface area (Å²) < 4.78 is 1.09. The van der Waals surface area contributed by atoms with Gasteiger partial charge in [0.2, 0.25) is 0 Å². The first-order chi connectivity index (χ1) is 9.60. The summed E-state index contributed by atoms with van der Waals surface area (Å²) in [6.45, 7) is 2.91. The molecule has 0 bridgehead atoms. The second-order valence-electron chi connectivity index (χ2n) is 4.66. The van der Waals surface area contributed by atoms with Crippen molar-refractivity contribution in [2.24, 2.45) is 0 Å². The van der Waals surface area contributed by atoms with E-state index in [1.165, 1.54) is 11.1 Å². The average molecular weight is 330 g/mol. The average Bonchev–Trinajstić information content (AvgIpc) is 2.44. The summed E-state index contributed by atoms with van der Waals surface area (Å²) in [6.07, 6.45) is 0.921. The molecule has 0 radical (unpaired) electrons. The molecule has 0 atom stereocenters. The van der Waals surface area contributed by atoms with E-state index in [1.807, 2.05) is 12.1 Å². The Hall–Kier alpha value is -1.99. The van der Waals surface area contributed by atoms with Gasteiger partial charge >= 0.3 is 0 Å². The molecule has 0 unspecified atom stereocenters. The minimum Gasteiger partial charge on any atom is -0.397 e. The molecule has 4 heteroatoms. The highest BCUT2D eigenvalue weighted by molar-refractivity contribution is 9.10. The molecule has 2 aromatic carbocycles. The van der Waals surface area contributed by atoms with Gasteiger partial charge in [0.25, 0.3) is 0 Å². The van der Waals surface area contributed by atoms with Gasteiger partial charge in [-0.05, 0) is 54.8 Å². The molecule has 0 heterocycles. The lowest BCUT2D eigenvalue weighted by Crippen LogP contribution is -2.07.